The lowest BCUT2D eigenvalue weighted by molar-refractivity contribution is 0.114. The molecule has 1 saturated heterocycles. The van der Waals surface area contributed by atoms with Gasteiger partial charge in [0.15, 0.2) is 5.82 Å². The van der Waals surface area contributed by atoms with Crippen LogP contribution in [0.5, 0.6) is 11.5 Å². The van der Waals surface area contributed by atoms with E-state index in [4.69, 9.17) is 32.7 Å². The van der Waals surface area contributed by atoms with Crippen molar-refractivity contribution in [3.63, 3.8) is 0 Å². The Morgan fingerprint density at radius 1 is 1.08 bits per heavy atom. The summed E-state index contributed by atoms with van der Waals surface area (Å²) in [4.78, 5) is 2.14. The van der Waals surface area contributed by atoms with Crippen molar-refractivity contribution in [2.45, 2.75) is 38.3 Å². The van der Waals surface area contributed by atoms with Gasteiger partial charge in [0.25, 0.3) is 0 Å². The molecule has 1 heterocycles. The molecule has 5 nitrogen and oxygen atoms in total. The summed E-state index contributed by atoms with van der Waals surface area (Å²) in [5, 5.41) is 13.3. The molecule has 0 saturated carbocycles. The highest BCUT2D eigenvalue weighted by Crippen LogP contribution is 2.45. The summed E-state index contributed by atoms with van der Waals surface area (Å²) in [6, 6.07) is 13.8. The molecule has 0 bridgehead atoms. The van der Waals surface area contributed by atoms with Crippen molar-refractivity contribution < 1.29 is 19.0 Å². The molecule has 2 N–H and O–H groups in total. The topological polar surface area (TPSA) is 54.0 Å². The van der Waals surface area contributed by atoms with Gasteiger partial charge in [0.05, 0.1) is 17.8 Å². The van der Waals surface area contributed by atoms with Gasteiger partial charge in [0, 0.05) is 43.9 Å². The summed E-state index contributed by atoms with van der Waals surface area (Å²) in [7, 11) is 3.38. The van der Waals surface area contributed by atoms with Crippen LogP contribution in [0.15, 0.2) is 42.5 Å². The van der Waals surface area contributed by atoms with Crippen LogP contribution in [0.4, 0.5) is 10.1 Å². The predicted octanol–water partition coefficient (Wildman–Crippen LogP) is 7.12. The molecular weight excluding hydrogens is 526 g/mol. The monoisotopic (exact) mass is 558 g/mol. The van der Waals surface area contributed by atoms with Crippen LogP contribution >= 0.6 is 23.2 Å². The maximum atomic E-state index is 15.6. The van der Waals surface area contributed by atoms with E-state index in [9.17, 15) is 5.11 Å². The molecule has 38 heavy (non-hydrogen) atoms. The van der Waals surface area contributed by atoms with Gasteiger partial charge in [-0.1, -0.05) is 53.5 Å². The van der Waals surface area contributed by atoms with E-state index in [1.807, 2.05) is 31.3 Å². The summed E-state index contributed by atoms with van der Waals surface area (Å²) < 4.78 is 27.6. The van der Waals surface area contributed by atoms with Crippen LogP contribution in [0, 0.1) is 11.7 Å². The second kappa shape index (κ2) is 11.7. The van der Waals surface area contributed by atoms with Crippen molar-refractivity contribution in [2.24, 2.45) is 5.92 Å². The van der Waals surface area contributed by atoms with E-state index >= 15 is 4.39 Å². The molecule has 2 atom stereocenters. The fraction of sp³-hybridized carbons (Fsp3) is 0.400. The number of nitrogens with one attached hydrogen (secondary N) is 1. The third kappa shape index (κ3) is 5.20. The van der Waals surface area contributed by atoms with E-state index in [0.29, 0.717) is 22.9 Å². The molecule has 1 aliphatic carbocycles. The fourth-order valence-electron chi connectivity index (χ4n) is 5.78. The normalized spacial score (nSPS) is 19.3. The van der Waals surface area contributed by atoms with Gasteiger partial charge < -0.3 is 19.9 Å². The second-order valence-corrected chi connectivity index (χ2v) is 10.8. The minimum absolute atomic E-state index is 0.0362. The maximum absolute atomic E-state index is 15.6. The number of benzene rings is 3. The zero-order valence-electron chi connectivity index (χ0n) is 21.7. The highest BCUT2D eigenvalue weighted by atomic mass is 35.5. The third-order valence-corrected chi connectivity index (χ3v) is 8.50. The molecule has 8 heteroatoms. The number of hydrogen-bond acceptors (Lipinski definition) is 5. The Bertz CT molecular complexity index is 1320. The molecule has 3 aromatic rings. The standard InChI is InChI=1S/C30H33Cl2FN2O3/c1-34-24-10-4-9-22(28(24)31)19-7-3-8-21-20(19)11-12-25(21)38-27-14-26(37-2)23(30(33)29(27)32)16-35-13-5-6-18(15-35)17-36/h3-4,7-10,14,18,25,34,36H,5-6,11-13,15-17H2,1-2H3. The molecule has 0 amide bonds. The van der Waals surface area contributed by atoms with Crippen LogP contribution in [0.2, 0.25) is 10.0 Å². The first-order valence-corrected chi connectivity index (χ1v) is 13.8. The largest absolute Gasteiger partial charge is 0.496 e. The first kappa shape index (κ1) is 27.1. The number of rotatable bonds is 8. The highest BCUT2D eigenvalue weighted by Gasteiger charge is 2.30. The number of fused-ring (bicyclic) bond motifs is 1. The van der Waals surface area contributed by atoms with Gasteiger partial charge in [-0.15, -0.1) is 0 Å². The van der Waals surface area contributed by atoms with Crippen molar-refractivity contribution in [1.29, 1.82) is 0 Å². The van der Waals surface area contributed by atoms with Crippen molar-refractivity contribution in [2.75, 3.05) is 39.2 Å². The van der Waals surface area contributed by atoms with Gasteiger partial charge in [-0.2, -0.15) is 0 Å². The number of hydrogen-bond donors (Lipinski definition) is 2. The lowest BCUT2D eigenvalue weighted by atomic mass is 9.96. The van der Waals surface area contributed by atoms with E-state index in [-0.39, 0.29) is 29.4 Å². The molecule has 202 valence electrons. The first-order valence-electron chi connectivity index (χ1n) is 13.1. The van der Waals surface area contributed by atoms with E-state index in [1.165, 1.54) is 12.7 Å². The third-order valence-electron chi connectivity index (χ3n) is 7.74. The summed E-state index contributed by atoms with van der Waals surface area (Å²) in [6.45, 7) is 2.07. The van der Waals surface area contributed by atoms with Gasteiger partial charge in [-0.25, -0.2) is 4.39 Å². The number of anilines is 1. The van der Waals surface area contributed by atoms with Gasteiger partial charge >= 0.3 is 0 Å². The summed E-state index contributed by atoms with van der Waals surface area (Å²) >= 11 is 13.3. The van der Waals surface area contributed by atoms with Crippen LogP contribution in [-0.4, -0.2) is 43.9 Å². The van der Waals surface area contributed by atoms with Crippen LogP contribution in [-0.2, 0) is 13.0 Å². The number of nitrogens with zero attached hydrogens (tertiary/aromatic N) is 1. The van der Waals surface area contributed by atoms with Crippen LogP contribution in [0.1, 0.15) is 42.1 Å². The summed E-state index contributed by atoms with van der Waals surface area (Å²) in [5.41, 5.74) is 5.55. The Morgan fingerprint density at radius 2 is 1.87 bits per heavy atom. The minimum Gasteiger partial charge on any atom is -0.496 e. The second-order valence-electron chi connectivity index (χ2n) is 10.0. The van der Waals surface area contributed by atoms with Gasteiger partial charge in [0.1, 0.15) is 22.6 Å². The SMILES string of the molecule is CNc1cccc(-c2cccc3c2CCC3Oc2cc(OC)c(CN3CCCC(CO)C3)c(F)c2Cl)c1Cl. The predicted molar refractivity (Wildman–Crippen MR) is 151 cm³/mol. The van der Waals surface area contributed by atoms with Crippen LogP contribution in [0.3, 0.4) is 0 Å². The average molecular weight is 560 g/mol. The van der Waals surface area contributed by atoms with E-state index in [0.717, 1.165) is 61.2 Å². The number of ether oxygens (including phenoxy) is 2. The molecule has 5 rings (SSSR count). The molecule has 1 fully saturated rings. The average Bonchev–Trinajstić information content (AvgIpc) is 3.36. The summed E-state index contributed by atoms with van der Waals surface area (Å²) in [5.74, 6) is 0.374. The molecule has 2 aliphatic rings. The Hall–Kier alpha value is -2.51. The number of aliphatic hydroxyl groups is 1. The number of likely N-dealkylation sites (tertiary alicyclic amines) is 1. The molecule has 2 unspecified atom stereocenters. The zero-order chi connectivity index (χ0) is 26.8. The Balaban J connectivity index is 1.42. The molecule has 3 aromatic carbocycles. The lowest BCUT2D eigenvalue weighted by Crippen LogP contribution is -2.36. The number of methoxy groups -OCH3 is 1. The number of halogens is 3. The van der Waals surface area contributed by atoms with Gasteiger partial charge in [-0.05, 0) is 60.9 Å². The lowest BCUT2D eigenvalue weighted by Gasteiger charge is -2.32. The minimum atomic E-state index is -0.519. The Kier molecular flexibility index (Phi) is 8.34. The maximum Gasteiger partial charge on any atom is 0.153 e. The molecule has 1 aliphatic heterocycles. The first-order chi connectivity index (χ1) is 18.4. The van der Waals surface area contributed by atoms with E-state index in [1.54, 1.807) is 6.07 Å². The van der Waals surface area contributed by atoms with Crippen molar-refractivity contribution in [1.82, 2.24) is 4.90 Å². The fourth-order valence-corrected chi connectivity index (χ4v) is 6.31. The molecule has 0 spiro atoms. The molecule has 0 aromatic heterocycles. The quantitative estimate of drug-likeness (QED) is 0.308. The van der Waals surface area contributed by atoms with Crippen molar-refractivity contribution >= 4 is 28.9 Å². The van der Waals surface area contributed by atoms with E-state index < -0.39 is 5.82 Å². The summed E-state index contributed by atoms with van der Waals surface area (Å²) in [6.07, 6.45) is 3.24. The van der Waals surface area contributed by atoms with Gasteiger partial charge in [0.2, 0.25) is 0 Å². The smallest absolute Gasteiger partial charge is 0.153 e. The molecule has 0 radical (unpaired) electrons. The van der Waals surface area contributed by atoms with Crippen molar-refractivity contribution in [3.05, 3.63) is 75.0 Å². The number of piperidine rings is 1. The van der Waals surface area contributed by atoms with Crippen molar-refractivity contribution in [3.8, 4) is 22.6 Å². The van der Waals surface area contributed by atoms with E-state index in [2.05, 4.69) is 22.3 Å². The zero-order valence-corrected chi connectivity index (χ0v) is 23.2. The Labute approximate surface area is 233 Å². The number of aliphatic hydroxyl groups excluding tert-OH is 1. The van der Waals surface area contributed by atoms with Crippen LogP contribution in [0.25, 0.3) is 11.1 Å². The van der Waals surface area contributed by atoms with Crippen LogP contribution < -0.4 is 14.8 Å². The van der Waals surface area contributed by atoms with Gasteiger partial charge in [-0.3, -0.25) is 4.90 Å². The Morgan fingerprint density at radius 3 is 2.63 bits per heavy atom. The highest BCUT2D eigenvalue weighted by molar-refractivity contribution is 6.36. The molecular formula is C30H33Cl2FN2O3.